The normalized spacial score (nSPS) is 12.0. The van der Waals surface area contributed by atoms with Gasteiger partial charge in [-0.15, -0.1) is 11.3 Å². The summed E-state index contributed by atoms with van der Waals surface area (Å²) in [6, 6.07) is 1.23. The number of nitrogens with zero attached hydrogens (tertiary/aromatic N) is 2. The van der Waals surface area contributed by atoms with E-state index in [1.54, 1.807) is 11.3 Å². The summed E-state index contributed by atoms with van der Waals surface area (Å²) in [5, 5.41) is 3.50. The summed E-state index contributed by atoms with van der Waals surface area (Å²) in [6.45, 7) is 14.2. The Balaban J connectivity index is 2.25. The Labute approximate surface area is 109 Å². The van der Waals surface area contributed by atoms with E-state index in [1.165, 1.54) is 4.88 Å². The first-order valence-corrected chi connectivity index (χ1v) is 7.25. The SMILES string of the molecule is Cc1ncsc1CNCCN(C(C)C)C(C)C. The minimum atomic E-state index is 0.613. The second kappa shape index (κ2) is 7.09. The summed E-state index contributed by atoms with van der Waals surface area (Å²) >= 11 is 1.73. The van der Waals surface area contributed by atoms with E-state index in [2.05, 4.69) is 49.8 Å². The molecule has 0 bridgehead atoms. The maximum absolute atomic E-state index is 4.26. The molecule has 0 radical (unpaired) electrons. The third kappa shape index (κ3) is 4.74. The number of hydrogen-bond donors (Lipinski definition) is 1. The van der Waals surface area contributed by atoms with Crippen LogP contribution in [0.5, 0.6) is 0 Å². The molecule has 0 unspecified atom stereocenters. The van der Waals surface area contributed by atoms with Gasteiger partial charge >= 0.3 is 0 Å². The van der Waals surface area contributed by atoms with Gasteiger partial charge in [0.15, 0.2) is 0 Å². The zero-order valence-corrected chi connectivity index (χ0v) is 12.5. The Kier molecular flexibility index (Phi) is 6.09. The smallest absolute Gasteiger partial charge is 0.0798 e. The molecule has 0 aliphatic carbocycles. The summed E-state index contributed by atoms with van der Waals surface area (Å²) in [6.07, 6.45) is 0. The summed E-state index contributed by atoms with van der Waals surface area (Å²) in [5.74, 6) is 0. The van der Waals surface area contributed by atoms with Gasteiger partial charge in [0.25, 0.3) is 0 Å². The number of aromatic nitrogens is 1. The monoisotopic (exact) mass is 255 g/mol. The minimum absolute atomic E-state index is 0.613. The fourth-order valence-electron chi connectivity index (χ4n) is 2.02. The van der Waals surface area contributed by atoms with Crippen LogP contribution in [0.15, 0.2) is 5.51 Å². The average Bonchev–Trinajstić information content (AvgIpc) is 2.63. The number of hydrogen-bond acceptors (Lipinski definition) is 4. The van der Waals surface area contributed by atoms with Crippen LogP contribution in [0, 0.1) is 6.92 Å². The molecule has 98 valence electrons. The molecule has 0 aliphatic heterocycles. The predicted octanol–water partition coefficient (Wildman–Crippen LogP) is 2.66. The van der Waals surface area contributed by atoms with E-state index in [0.717, 1.165) is 25.3 Å². The molecule has 0 saturated carbocycles. The van der Waals surface area contributed by atoms with Gasteiger partial charge in [-0.25, -0.2) is 4.98 Å². The number of nitrogens with one attached hydrogen (secondary N) is 1. The van der Waals surface area contributed by atoms with E-state index >= 15 is 0 Å². The molecule has 1 aromatic rings. The van der Waals surface area contributed by atoms with Gasteiger partial charge in [-0.1, -0.05) is 0 Å². The van der Waals surface area contributed by atoms with Crippen molar-refractivity contribution in [1.82, 2.24) is 15.2 Å². The van der Waals surface area contributed by atoms with Crippen LogP contribution < -0.4 is 5.32 Å². The van der Waals surface area contributed by atoms with E-state index < -0.39 is 0 Å². The van der Waals surface area contributed by atoms with Gasteiger partial charge in [0.1, 0.15) is 0 Å². The first-order chi connectivity index (χ1) is 8.02. The van der Waals surface area contributed by atoms with Crippen molar-refractivity contribution in [2.45, 2.75) is 53.2 Å². The van der Waals surface area contributed by atoms with Gasteiger partial charge in [-0.3, -0.25) is 4.90 Å². The molecule has 0 atom stereocenters. The van der Waals surface area contributed by atoms with Gasteiger partial charge in [-0.2, -0.15) is 0 Å². The molecule has 0 fully saturated rings. The van der Waals surface area contributed by atoms with Gasteiger partial charge in [0, 0.05) is 36.6 Å². The Morgan fingerprint density at radius 3 is 2.41 bits per heavy atom. The molecule has 0 spiro atoms. The van der Waals surface area contributed by atoms with Gasteiger partial charge < -0.3 is 5.32 Å². The number of thiazole rings is 1. The molecule has 0 aromatic carbocycles. The van der Waals surface area contributed by atoms with Crippen LogP contribution in [0.4, 0.5) is 0 Å². The second-order valence-electron chi connectivity index (χ2n) is 4.96. The molecular formula is C13H25N3S. The third-order valence-corrected chi connectivity index (χ3v) is 3.94. The molecule has 1 rings (SSSR count). The van der Waals surface area contributed by atoms with Gasteiger partial charge in [-0.05, 0) is 34.6 Å². The van der Waals surface area contributed by atoms with Crippen molar-refractivity contribution >= 4 is 11.3 Å². The lowest BCUT2D eigenvalue weighted by atomic mass is 10.2. The first kappa shape index (κ1) is 14.6. The summed E-state index contributed by atoms with van der Waals surface area (Å²) < 4.78 is 0. The van der Waals surface area contributed by atoms with E-state index in [9.17, 15) is 0 Å². The Morgan fingerprint density at radius 1 is 1.29 bits per heavy atom. The topological polar surface area (TPSA) is 28.2 Å². The number of rotatable bonds is 7. The quantitative estimate of drug-likeness (QED) is 0.759. The molecule has 3 nitrogen and oxygen atoms in total. The minimum Gasteiger partial charge on any atom is -0.311 e. The van der Waals surface area contributed by atoms with Crippen LogP contribution in [0.2, 0.25) is 0 Å². The van der Waals surface area contributed by atoms with Crippen molar-refractivity contribution in [3.8, 4) is 0 Å². The standard InChI is InChI=1S/C13H25N3S/c1-10(2)16(11(3)4)7-6-14-8-13-12(5)15-9-17-13/h9-11,14H,6-8H2,1-5H3. The van der Waals surface area contributed by atoms with Crippen LogP contribution in [-0.4, -0.2) is 35.1 Å². The van der Waals surface area contributed by atoms with Crippen molar-refractivity contribution in [3.63, 3.8) is 0 Å². The van der Waals surface area contributed by atoms with E-state index in [1.807, 2.05) is 5.51 Å². The highest BCUT2D eigenvalue weighted by molar-refractivity contribution is 7.09. The molecule has 4 heteroatoms. The van der Waals surface area contributed by atoms with Crippen LogP contribution in [0.1, 0.15) is 38.3 Å². The predicted molar refractivity (Wildman–Crippen MR) is 75.5 cm³/mol. The first-order valence-electron chi connectivity index (χ1n) is 6.37. The zero-order chi connectivity index (χ0) is 12.8. The molecule has 1 aromatic heterocycles. The lowest BCUT2D eigenvalue weighted by molar-refractivity contribution is 0.176. The van der Waals surface area contributed by atoms with E-state index in [0.29, 0.717) is 12.1 Å². The highest BCUT2D eigenvalue weighted by Gasteiger charge is 2.12. The number of aryl methyl sites for hydroxylation is 1. The molecule has 0 aliphatic rings. The van der Waals surface area contributed by atoms with E-state index in [-0.39, 0.29) is 0 Å². The second-order valence-corrected chi connectivity index (χ2v) is 5.90. The van der Waals surface area contributed by atoms with Crippen LogP contribution in [0.3, 0.4) is 0 Å². The lowest BCUT2D eigenvalue weighted by Crippen LogP contribution is -2.41. The highest BCUT2D eigenvalue weighted by Crippen LogP contribution is 2.11. The van der Waals surface area contributed by atoms with Crippen LogP contribution in [-0.2, 0) is 6.54 Å². The van der Waals surface area contributed by atoms with Crippen molar-refractivity contribution in [2.24, 2.45) is 0 Å². The van der Waals surface area contributed by atoms with E-state index in [4.69, 9.17) is 0 Å². The lowest BCUT2D eigenvalue weighted by Gasteiger charge is -2.30. The average molecular weight is 255 g/mol. The molecule has 1 heterocycles. The fraction of sp³-hybridized carbons (Fsp3) is 0.769. The summed E-state index contributed by atoms with van der Waals surface area (Å²) in [4.78, 5) is 8.11. The van der Waals surface area contributed by atoms with Crippen LogP contribution in [0.25, 0.3) is 0 Å². The van der Waals surface area contributed by atoms with Crippen molar-refractivity contribution in [2.75, 3.05) is 13.1 Å². The van der Waals surface area contributed by atoms with Crippen LogP contribution >= 0.6 is 11.3 Å². The Bertz CT molecular complexity index is 312. The summed E-state index contributed by atoms with van der Waals surface area (Å²) in [5.41, 5.74) is 3.08. The van der Waals surface area contributed by atoms with Gasteiger partial charge in [0.2, 0.25) is 0 Å². The highest BCUT2D eigenvalue weighted by atomic mass is 32.1. The third-order valence-electron chi connectivity index (χ3n) is 3.00. The molecule has 0 saturated heterocycles. The molecule has 1 N–H and O–H groups in total. The molecule has 0 amide bonds. The maximum atomic E-state index is 4.26. The van der Waals surface area contributed by atoms with Gasteiger partial charge in [0.05, 0.1) is 11.2 Å². The fourth-order valence-corrected chi connectivity index (χ4v) is 2.77. The van der Waals surface area contributed by atoms with Crippen molar-refractivity contribution < 1.29 is 0 Å². The zero-order valence-electron chi connectivity index (χ0n) is 11.7. The molecular weight excluding hydrogens is 230 g/mol. The largest absolute Gasteiger partial charge is 0.311 e. The van der Waals surface area contributed by atoms with Crippen molar-refractivity contribution in [3.05, 3.63) is 16.1 Å². The van der Waals surface area contributed by atoms with Crippen molar-refractivity contribution in [1.29, 1.82) is 0 Å². The Hall–Kier alpha value is -0.450. The molecule has 17 heavy (non-hydrogen) atoms. The summed E-state index contributed by atoms with van der Waals surface area (Å²) in [7, 11) is 0. The Morgan fingerprint density at radius 2 is 1.94 bits per heavy atom. The maximum Gasteiger partial charge on any atom is 0.0798 e.